The number of carbonyl (C=O) groups excluding carboxylic acids is 2. The third-order valence-electron chi connectivity index (χ3n) is 3.46. The molecule has 0 saturated heterocycles. The minimum Gasteiger partial charge on any atom is -0.328 e. The van der Waals surface area contributed by atoms with Crippen molar-refractivity contribution in [3.63, 3.8) is 0 Å². The van der Waals surface area contributed by atoms with Crippen LogP contribution in [0, 0.1) is 0 Å². The highest BCUT2D eigenvalue weighted by Crippen LogP contribution is 2.34. The molecule has 1 aromatic carbocycles. The highest BCUT2D eigenvalue weighted by atomic mass is 35.5. The molecule has 2 rings (SSSR count). The van der Waals surface area contributed by atoms with Crippen LogP contribution in [-0.4, -0.2) is 34.8 Å². The number of nitrogens with two attached hydrogens (primary N) is 1. The number of para-hydroxylation sites is 1. The second kappa shape index (κ2) is 9.67. The average Bonchev–Trinajstić information content (AvgIpc) is 3.07. The topological polar surface area (TPSA) is 88.3 Å². The number of halogens is 4. The van der Waals surface area contributed by atoms with Crippen molar-refractivity contribution in [2.75, 3.05) is 18.4 Å². The predicted molar refractivity (Wildman–Crippen MR) is 98.9 cm³/mol. The predicted octanol–water partition coefficient (Wildman–Crippen LogP) is 3.14. The summed E-state index contributed by atoms with van der Waals surface area (Å²) in [6.07, 6.45) is -4.59. The first-order valence-electron chi connectivity index (χ1n) is 7.66. The van der Waals surface area contributed by atoms with Crippen molar-refractivity contribution in [1.82, 2.24) is 9.88 Å². The summed E-state index contributed by atoms with van der Waals surface area (Å²) in [4.78, 5) is 29.8. The first kappa shape index (κ1) is 22.9. The Morgan fingerprint density at radius 2 is 1.96 bits per heavy atom. The van der Waals surface area contributed by atoms with Gasteiger partial charge in [0, 0.05) is 18.5 Å². The van der Waals surface area contributed by atoms with Gasteiger partial charge in [-0.3, -0.25) is 9.59 Å². The van der Waals surface area contributed by atoms with E-state index >= 15 is 0 Å². The Bertz CT molecular complexity index is 798. The summed E-state index contributed by atoms with van der Waals surface area (Å²) in [5.74, 6) is -1.21. The van der Waals surface area contributed by atoms with Gasteiger partial charge in [-0.1, -0.05) is 12.1 Å². The molecule has 0 unspecified atom stereocenters. The van der Waals surface area contributed by atoms with Gasteiger partial charge in [0.1, 0.15) is 17.2 Å². The molecule has 11 heteroatoms. The van der Waals surface area contributed by atoms with Crippen LogP contribution < -0.4 is 11.1 Å². The number of aromatic nitrogens is 1. The molecule has 2 aromatic rings. The number of nitrogens with zero attached hydrogens (tertiary/aromatic N) is 2. The number of hydrogen-bond acceptors (Lipinski definition) is 5. The van der Waals surface area contributed by atoms with Gasteiger partial charge in [0.2, 0.25) is 5.91 Å². The number of rotatable bonds is 6. The first-order valence-corrected chi connectivity index (χ1v) is 8.54. The zero-order chi connectivity index (χ0) is 19.3. The Morgan fingerprint density at radius 1 is 1.30 bits per heavy atom. The fraction of sp³-hybridized carbons (Fsp3) is 0.312. The Morgan fingerprint density at radius 3 is 2.52 bits per heavy atom. The summed E-state index contributed by atoms with van der Waals surface area (Å²) in [5.41, 5.74) is 4.31. The van der Waals surface area contributed by atoms with Crippen LogP contribution in [0.5, 0.6) is 0 Å². The maximum Gasteiger partial charge on any atom is 0.418 e. The summed E-state index contributed by atoms with van der Waals surface area (Å²) < 4.78 is 38.9. The Kier molecular flexibility index (Phi) is 8.20. The van der Waals surface area contributed by atoms with Crippen LogP contribution >= 0.6 is 23.7 Å². The van der Waals surface area contributed by atoms with Crippen molar-refractivity contribution in [2.24, 2.45) is 5.73 Å². The summed E-state index contributed by atoms with van der Waals surface area (Å²) in [5, 5.41) is 4.32. The van der Waals surface area contributed by atoms with E-state index in [0.717, 1.165) is 12.1 Å². The van der Waals surface area contributed by atoms with E-state index in [1.54, 1.807) is 6.92 Å². The molecule has 0 fully saturated rings. The number of thiazole rings is 1. The second-order valence-corrected chi connectivity index (χ2v) is 6.18. The van der Waals surface area contributed by atoms with Gasteiger partial charge in [-0.15, -0.1) is 23.7 Å². The first-order chi connectivity index (χ1) is 12.3. The lowest BCUT2D eigenvalue weighted by atomic mass is 10.1. The molecule has 0 spiro atoms. The van der Waals surface area contributed by atoms with E-state index < -0.39 is 30.1 Å². The standard InChI is InChI=1S/C16H17F3N4O2S.ClH/c1-2-23(15(25)12-9-26-14(7-20)22-12)8-13(24)21-11-6-4-3-5-10(11)16(17,18)19;/h3-6,9H,2,7-8,20H2,1H3,(H,21,24);1H. The smallest absolute Gasteiger partial charge is 0.328 e. The fourth-order valence-corrected chi connectivity index (χ4v) is 2.84. The minimum atomic E-state index is -4.59. The second-order valence-electron chi connectivity index (χ2n) is 5.24. The van der Waals surface area contributed by atoms with Gasteiger partial charge in [-0.05, 0) is 19.1 Å². The number of likely N-dealkylation sites (N-methyl/N-ethyl adjacent to an activating group) is 1. The molecule has 0 atom stereocenters. The molecular weight excluding hydrogens is 405 g/mol. The van der Waals surface area contributed by atoms with E-state index in [9.17, 15) is 22.8 Å². The zero-order valence-electron chi connectivity index (χ0n) is 14.2. The molecule has 0 aliphatic rings. The SMILES string of the molecule is CCN(CC(=O)Nc1ccccc1C(F)(F)F)C(=O)c1csc(CN)n1.Cl. The average molecular weight is 423 g/mol. The van der Waals surface area contributed by atoms with E-state index in [0.29, 0.717) is 5.01 Å². The quantitative estimate of drug-likeness (QED) is 0.748. The fourth-order valence-electron chi connectivity index (χ4n) is 2.19. The lowest BCUT2D eigenvalue weighted by Crippen LogP contribution is -2.38. The lowest BCUT2D eigenvalue weighted by molar-refractivity contribution is -0.137. The maximum atomic E-state index is 13.0. The largest absolute Gasteiger partial charge is 0.418 e. The number of hydrogen-bond donors (Lipinski definition) is 2. The molecule has 6 nitrogen and oxygen atoms in total. The Hall–Kier alpha value is -2.17. The number of anilines is 1. The van der Waals surface area contributed by atoms with Crippen molar-refractivity contribution < 1.29 is 22.8 Å². The molecule has 0 aliphatic heterocycles. The molecule has 3 N–H and O–H groups in total. The van der Waals surface area contributed by atoms with Crippen LogP contribution in [0.15, 0.2) is 29.6 Å². The molecule has 148 valence electrons. The van der Waals surface area contributed by atoms with Crippen molar-refractivity contribution >= 4 is 41.2 Å². The number of alkyl halides is 3. The third kappa shape index (κ3) is 5.91. The molecule has 0 bridgehead atoms. The highest BCUT2D eigenvalue weighted by molar-refractivity contribution is 7.09. The van der Waals surface area contributed by atoms with Crippen molar-refractivity contribution in [1.29, 1.82) is 0 Å². The maximum absolute atomic E-state index is 13.0. The summed E-state index contributed by atoms with van der Waals surface area (Å²) in [6, 6.07) is 4.66. The van der Waals surface area contributed by atoms with Gasteiger partial charge in [0.05, 0.1) is 11.3 Å². The van der Waals surface area contributed by atoms with Crippen LogP contribution in [0.4, 0.5) is 18.9 Å². The van der Waals surface area contributed by atoms with E-state index in [1.807, 2.05) is 0 Å². The third-order valence-corrected chi connectivity index (χ3v) is 4.33. The van der Waals surface area contributed by atoms with Crippen molar-refractivity contribution in [3.05, 3.63) is 45.9 Å². The van der Waals surface area contributed by atoms with Gasteiger partial charge < -0.3 is 16.0 Å². The summed E-state index contributed by atoms with van der Waals surface area (Å²) in [7, 11) is 0. The molecule has 27 heavy (non-hydrogen) atoms. The van der Waals surface area contributed by atoms with Gasteiger partial charge >= 0.3 is 6.18 Å². The monoisotopic (exact) mass is 422 g/mol. The van der Waals surface area contributed by atoms with Crippen molar-refractivity contribution in [2.45, 2.75) is 19.6 Å². The number of amides is 2. The van der Waals surface area contributed by atoms with Crippen LogP contribution in [0.3, 0.4) is 0 Å². The van der Waals surface area contributed by atoms with Crippen molar-refractivity contribution in [3.8, 4) is 0 Å². The van der Waals surface area contributed by atoms with Crippen LogP contribution in [0.2, 0.25) is 0 Å². The lowest BCUT2D eigenvalue weighted by Gasteiger charge is -2.20. The number of benzene rings is 1. The van der Waals surface area contributed by atoms with Gasteiger partial charge in [0.25, 0.3) is 5.91 Å². The molecule has 1 heterocycles. The van der Waals surface area contributed by atoms with Gasteiger partial charge in [-0.25, -0.2) is 4.98 Å². The van der Waals surface area contributed by atoms with E-state index in [4.69, 9.17) is 5.73 Å². The molecule has 1 aromatic heterocycles. The van der Waals surface area contributed by atoms with E-state index in [1.165, 1.54) is 33.7 Å². The van der Waals surface area contributed by atoms with Gasteiger partial charge in [0.15, 0.2) is 0 Å². The van der Waals surface area contributed by atoms with Crippen LogP contribution in [-0.2, 0) is 17.5 Å². The molecule has 0 radical (unpaired) electrons. The highest BCUT2D eigenvalue weighted by Gasteiger charge is 2.33. The zero-order valence-corrected chi connectivity index (χ0v) is 15.9. The van der Waals surface area contributed by atoms with Crippen LogP contribution in [0.25, 0.3) is 0 Å². The molecule has 0 saturated carbocycles. The number of carbonyl (C=O) groups is 2. The van der Waals surface area contributed by atoms with E-state index in [2.05, 4.69) is 10.3 Å². The van der Waals surface area contributed by atoms with Gasteiger partial charge in [-0.2, -0.15) is 13.2 Å². The molecule has 2 amide bonds. The molecular formula is C16H18ClF3N4O2S. The van der Waals surface area contributed by atoms with Crippen LogP contribution in [0.1, 0.15) is 28.0 Å². The molecule has 0 aliphatic carbocycles. The summed E-state index contributed by atoms with van der Waals surface area (Å²) in [6.45, 7) is 1.66. The van der Waals surface area contributed by atoms with E-state index in [-0.39, 0.29) is 36.9 Å². The normalized spacial score (nSPS) is 10.9. The number of nitrogens with one attached hydrogen (secondary N) is 1. The Balaban J connectivity index is 0.00000364. The minimum absolute atomic E-state index is 0. The Labute approximate surface area is 164 Å². The summed E-state index contributed by atoms with van der Waals surface area (Å²) >= 11 is 1.22.